The summed E-state index contributed by atoms with van der Waals surface area (Å²) < 4.78 is 0. The maximum atomic E-state index is 12.0. The molecule has 0 spiro atoms. The number of hydrogen-bond acceptors (Lipinski definition) is 2. The Labute approximate surface area is 120 Å². The zero-order valence-electron chi connectivity index (χ0n) is 11.9. The minimum absolute atomic E-state index is 0.0682. The van der Waals surface area contributed by atoms with Crippen LogP contribution in [0.3, 0.4) is 0 Å². The zero-order chi connectivity index (χ0) is 14.4. The summed E-state index contributed by atoms with van der Waals surface area (Å²) in [5.41, 5.74) is 3.75. The van der Waals surface area contributed by atoms with Crippen molar-refractivity contribution in [2.75, 3.05) is 18.9 Å². The van der Waals surface area contributed by atoms with E-state index in [0.29, 0.717) is 5.56 Å². The molecule has 0 atom stereocenters. The number of carbonyl (C=O) groups is 1. The summed E-state index contributed by atoms with van der Waals surface area (Å²) in [6.07, 6.45) is 1.01. The largest absolute Gasteiger partial charge is 0.384 e. The number of para-hydroxylation sites is 1. The highest BCUT2D eigenvalue weighted by molar-refractivity contribution is 6.03. The second-order valence-electron chi connectivity index (χ2n) is 4.60. The number of rotatable bonds is 5. The van der Waals surface area contributed by atoms with Crippen molar-refractivity contribution in [1.29, 1.82) is 0 Å². The Bertz CT molecular complexity index is 579. The number of hydrogen-bond donors (Lipinski definition) is 2. The second-order valence-corrected chi connectivity index (χ2v) is 4.60. The van der Waals surface area contributed by atoms with Gasteiger partial charge >= 0.3 is 0 Å². The van der Waals surface area contributed by atoms with Crippen molar-refractivity contribution in [3.05, 3.63) is 54.1 Å². The molecule has 0 aliphatic heterocycles. The van der Waals surface area contributed by atoms with E-state index in [1.54, 1.807) is 7.05 Å². The molecule has 2 aromatic carbocycles. The first kappa shape index (κ1) is 14.1. The second kappa shape index (κ2) is 6.75. The first-order valence-electron chi connectivity index (χ1n) is 6.92. The van der Waals surface area contributed by atoms with Crippen LogP contribution < -0.4 is 10.6 Å². The van der Waals surface area contributed by atoms with Crippen LogP contribution in [0.5, 0.6) is 0 Å². The van der Waals surface area contributed by atoms with E-state index >= 15 is 0 Å². The third kappa shape index (κ3) is 2.99. The molecule has 20 heavy (non-hydrogen) atoms. The molecule has 0 saturated heterocycles. The van der Waals surface area contributed by atoms with Crippen molar-refractivity contribution in [2.45, 2.75) is 13.3 Å². The number of carbonyl (C=O) groups excluding carboxylic acids is 1. The maximum Gasteiger partial charge on any atom is 0.253 e. The maximum absolute atomic E-state index is 12.0. The molecule has 2 aromatic rings. The van der Waals surface area contributed by atoms with Crippen molar-refractivity contribution in [2.24, 2.45) is 0 Å². The molecule has 1 amide bonds. The quantitative estimate of drug-likeness (QED) is 0.871. The van der Waals surface area contributed by atoms with Gasteiger partial charge < -0.3 is 10.6 Å². The Morgan fingerprint density at radius 3 is 2.45 bits per heavy atom. The third-order valence-electron chi connectivity index (χ3n) is 3.17. The van der Waals surface area contributed by atoms with Gasteiger partial charge in [-0.2, -0.15) is 0 Å². The molecule has 3 nitrogen and oxygen atoms in total. The summed E-state index contributed by atoms with van der Waals surface area (Å²) >= 11 is 0. The van der Waals surface area contributed by atoms with E-state index < -0.39 is 0 Å². The predicted octanol–water partition coefficient (Wildman–Crippen LogP) is 3.54. The number of amides is 1. The van der Waals surface area contributed by atoms with E-state index in [4.69, 9.17) is 0 Å². The molecule has 2 N–H and O–H groups in total. The average molecular weight is 268 g/mol. The molecule has 0 bridgehead atoms. The normalized spacial score (nSPS) is 10.1. The van der Waals surface area contributed by atoms with Crippen LogP contribution in [0.2, 0.25) is 0 Å². The number of nitrogens with one attached hydrogen (secondary N) is 2. The summed E-state index contributed by atoms with van der Waals surface area (Å²) in [6, 6.07) is 15.9. The lowest BCUT2D eigenvalue weighted by Gasteiger charge is -2.16. The summed E-state index contributed by atoms with van der Waals surface area (Å²) in [7, 11) is 1.65. The van der Waals surface area contributed by atoms with E-state index in [2.05, 4.69) is 29.7 Å². The van der Waals surface area contributed by atoms with E-state index in [1.807, 2.05) is 36.4 Å². The van der Waals surface area contributed by atoms with Crippen LogP contribution in [0, 0.1) is 0 Å². The number of benzene rings is 2. The zero-order valence-corrected chi connectivity index (χ0v) is 11.9. The summed E-state index contributed by atoms with van der Waals surface area (Å²) in [6.45, 7) is 2.95. The predicted molar refractivity (Wildman–Crippen MR) is 84.0 cm³/mol. The highest BCUT2D eigenvalue weighted by atomic mass is 16.1. The average Bonchev–Trinajstić information content (AvgIpc) is 2.52. The van der Waals surface area contributed by atoms with E-state index in [1.165, 1.54) is 0 Å². The lowest BCUT2D eigenvalue weighted by atomic mass is 9.99. The minimum Gasteiger partial charge on any atom is -0.384 e. The highest BCUT2D eigenvalue weighted by Gasteiger charge is 2.14. The lowest BCUT2D eigenvalue weighted by Crippen LogP contribution is -2.20. The summed E-state index contributed by atoms with van der Waals surface area (Å²) in [4.78, 5) is 12.0. The molecular formula is C17H20N2O. The van der Waals surface area contributed by atoms with Crippen LogP contribution in [-0.2, 0) is 0 Å². The van der Waals surface area contributed by atoms with Gasteiger partial charge in [0.1, 0.15) is 0 Å². The van der Waals surface area contributed by atoms with Crippen molar-refractivity contribution in [1.82, 2.24) is 5.32 Å². The van der Waals surface area contributed by atoms with Gasteiger partial charge in [0.05, 0.1) is 11.3 Å². The van der Waals surface area contributed by atoms with Gasteiger partial charge in [-0.15, -0.1) is 0 Å². The highest BCUT2D eigenvalue weighted by Crippen LogP contribution is 2.31. The summed E-state index contributed by atoms with van der Waals surface area (Å²) in [5, 5.41) is 6.08. The molecule has 0 heterocycles. The van der Waals surface area contributed by atoms with Crippen LogP contribution in [0.4, 0.5) is 5.69 Å². The van der Waals surface area contributed by atoms with Gasteiger partial charge in [0.25, 0.3) is 5.91 Å². The van der Waals surface area contributed by atoms with Gasteiger partial charge in [-0.25, -0.2) is 0 Å². The van der Waals surface area contributed by atoms with Gasteiger partial charge in [0, 0.05) is 19.2 Å². The van der Waals surface area contributed by atoms with Crippen LogP contribution in [0.15, 0.2) is 48.5 Å². The van der Waals surface area contributed by atoms with E-state index in [-0.39, 0.29) is 5.91 Å². The molecular weight excluding hydrogens is 248 g/mol. The molecule has 2 rings (SSSR count). The summed E-state index contributed by atoms with van der Waals surface area (Å²) in [5.74, 6) is -0.0682. The third-order valence-corrected chi connectivity index (χ3v) is 3.17. The van der Waals surface area contributed by atoms with Crippen molar-refractivity contribution in [3.8, 4) is 11.1 Å². The standard InChI is InChI=1S/C17H20N2O/c1-3-12-19-16-14(13-8-5-4-6-9-13)10-7-11-15(16)17(20)18-2/h4-11,19H,3,12H2,1-2H3,(H,18,20). The topological polar surface area (TPSA) is 41.1 Å². The van der Waals surface area contributed by atoms with Gasteiger partial charge in [-0.05, 0) is 18.1 Å². The molecule has 0 saturated carbocycles. The van der Waals surface area contributed by atoms with E-state index in [0.717, 1.165) is 29.8 Å². The molecule has 0 aromatic heterocycles. The van der Waals surface area contributed by atoms with Crippen molar-refractivity contribution < 1.29 is 4.79 Å². The molecule has 0 radical (unpaired) electrons. The fraction of sp³-hybridized carbons (Fsp3) is 0.235. The van der Waals surface area contributed by atoms with Crippen LogP contribution in [-0.4, -0.2) is 19.5 Å². The molecule has 104 valence electrons. The minimum atomic E-state index is -0.0682. The van der Waals surface area contributed by atoms with Crippen LogP contribution >= 0.6 is 0 Å². The molecule has 0 aliphatic rings. The fourth-order valence-electron chi connectivity index (χ4n) is 2.17. The molecule has 0 aliphatic carbocycles. The van der Waals surface area contributed by atoms with Gasteiger partial charge in [0.15, 0.2) is 0 Å². The molecule has 3 heteroatoms. The number of anilines is 1. The van der Waals surface area contributed by atoms with E-state index in [9.17, 15) is 4.79 Å². The smallest absolute Gasteiger partial charge is 0.253 e. The first-order chi connectivity index (χ1) is 9.77. The Hall–Kier alpha value is -2.29. The molecule has 0 fully saturated rings. The Morgan fingerprint density at radius 2 is 1.80 bits per heavy atom. The lowest BCUT2D eigenvalue weighted by molar-refractivity contribution is 0.0964. The van der Waals surface area contributed by atoms with Gasteiger partial charge in [-0.1, -0.05) is 49.4 Å². The van der Waals surface area contributed by atoms with Gasteiger partial charge in [0.2, 0.25) is 0 Å². The SMILES string of the molecule is CCCNc1c(C(=O)NC)cccc1-c1ccccc1. The van der Waals surface area contributed by atoms with Crippen molar-refractivity contribution in [3.63, 3.8) is 0 Å². The Morgan fingerprint density at radius 1 is 1.05 bits per heavy atom. The first-order valence-corrected chi connectivity index (χ1v) is 6.92. The fourth-order valence-corrected chi connectivity index (χ4v) is 2.17. The van der Waals surface area contributed by atoms with Crippen molar-refractivity contribution >= 4 is 11.6 Å². The Kier molecular flexibility index (Phi) is 4.77. The monoisotopic (exact) mass is 268 g/mol. The Balaban J connectivity index is 2.53. The van der Waals surface area contributed by atoms with Crippen LogP contribution in [0.1, 0.15) is 23.7 Å². The molecule has 0 unspecified atom stereocenters. The van der Waals surface area contributed by atoms with Crippen LogP contribution in [0.25, 0.3) is 11.1 Å². The van der Waals surface area contributed by atoms with Gasteiger partial charge in [-0.3, -0.25) is 4.79 Å².